The zero-order valence-electron chi connectivity index (χ0n) is 19.5. The first kappa shape index (κ1) is 21.2. The Bertz CT molecular complexity index is 1290. The standard InChI is InChI=1S/C26H30N6O2/c1-31-23-5-3-2-4-21(23)26(30-31)29-18-6-8-20(9-7-18)34-24-17-19(32-12-14-33-15-13-32)16-22-25(24)28-11-10-27-22/h2-5,10-11,16-18,20H,6-9,12-15H2,1H3,(H,29,30)/t18-,20+. The lowest BCUT2D eigenvalue weighted by atomic mass is 9.93. The zero-order valence-corrected chi connectivity index (χ0v) is 19.5. The molecule has 6 rings (SSSR count). The van der Waals surface area contributed by atoms with Crippen LogP contribution in [0.25, 0.3) is 21.9 Å². The summed E-state index contributed by atoms with van der Waals surface area (Å²) < 4.78 is 14.0. The van der Waals surface area contributed by atoms with Gasteiger partial charge in [0.1, 0.15) is 11.3 Å². The van der Waals surface area contributed by atoms with Gasteiger partial charge in [-0.15, -0.1) is 0 Å². The minimum absolute atomic E-state index is 0.170. The fourth-order valence-corrected chi connectivity index (χ4v) is 5.14. The average Bonchev–Trinajstić information content (AvgIpc) is 3.21. The van der Waals surface area contributed by atoms with Gasteiger partial charge in [-0.2, -0.15) is 5.10 Å². The summed E-state index contributed by atoms with van der Waals surface area (Å²) in [6.07, 6.45) is 7.72. The van der Waals surface area contributed by atoms with Crippen LogP contribution in [0.4, 0.5) is 11.5 Å². The highest BCUT2D eigenvalue weighted by atomic mass is 16.5. The third-order valence-corrected chi connectivity index (χ3v) is 6.97. The Morgan fingerprint density at radius 3 is 2.65 bits per heavy atom. The third-order valence-electron chi connectivity index (χ3n) is 6.97. The SMILES string of the molecule is Cn1nc(N[C@H]2CC[C@@H](Oc3cc(N4CCOCC4)cc4nccnc34)CC2)c2ccccc21. The maximum atomic E-state index is 6.57. The molecular formula is C26H30N6O2. The van der Waals surface area contributed by atoms with Gasteiger partial charge < -0.3 is 19.7 Å². The van der Waals surface area contributed by atoms with Gasteiger partial charge in [-0.25, -0.2) is 4.98 Å². The van der Waals surface area contributed by atoms with Crippen molar-refractivity contribution in [2.45, 2.75) is 37.8 Å². The van der Waals surface area contributed by atoms with E-state index in [-0.39, 0.29) is 6.10 Å². The Kier molecular flexibility index (Phi) is 5.66. The molecule has 0 radical (unpaired) electrons. The second-order valence-electron chi connectivity index (χ2n) is 9.19. The first-order valence-corrected chi connectivity index (χ1v) is 12.2. The largest absolute Gasteiger partial charge is 0.488 e. The summed E-state index contributed by atoms with van der Waals surface area (Å²) in [7, 11) is 2.00. The molecule has 1 aliphatic carbocycles. The number of aromatic nitrogens is 4. The van der Waals surface area contributed by atoms with E-state index >= 15 is 0 Å². The molecule has 1 saturated carbocycles. The van der Waals surface area contributed by atoms with Gasteiger partial charge in [0.25, 0.3) is 0 Å². The number of hydrogen-bond acceptors (Lipinski definition) is 7. The van der Waals surface area contributed by atoms with Crippen LogP contribution in [0.2, 0.25) is 0 Å². The average molecular weight is 459 g/mol. The summed E-state index contributed by atoms with van der Waals surface area (Å²) in [6, 6.07) is 13.0. The lowest BCUT2D eigenvalue weighted by Crippen LogP contribution is -2.36. The Morgan fingerprint density at radius 2 is 1.79 bits per heavy atom. The quantitative estimate of drug-likeness (QED) is 0.481. The maximum absolute atomic E-state index is 6.57. The Balaban J connectivity index is 1.16. The number of nitrogens with one attached hydrogen (secondary N) is 1. The molecule has 8 heteroatoms. The molecule has 4 aromatic rings. The molecule has 1 aliphatic heterocycles. The van der Waals surface area contributed by atoms with Crippen molar-refractivity contribution in [3.8, 4) is 5.75 Å². The van der Waals surface area contributed by atoms with Crippen LogP contribution in [-0.4, -0.2) is 58.2 Å². The van der Waals surface area contributed by atoms with E-state index in [0.717, 1.165) is 85.8 Å². The van der Waals surface area contributed by atoms with Crippen LogP contribution in [-0.2, 0) is 11.8 Å². The highest BCUT2D eigenvalue weighted by Gasteiger charge is 2.25. The molecule has 2 aliphatic rings. The normalized spacial score (nSPS) is 21.1. The van der Waals surface area contributed by atoms with E-state index in [4.69, 9.17) is 14.6 Å². The van der Waals surface area contributed by atoms with Crippen molar-refractivity contribution in [2.24, 2.45) is 7.05 Å². The van der Waals surface area contributed by atoms with Crippen molar-refractivity contribution in [2.75, 3.05) is 36.5 Å². The van der Waals surface area contributed by atoms with Gasteiger partial charge in [-0.3, -0.25) is 9.67 Å². The monoisotopic (exact) mass is 458 g/mol. The molecule has 176 valence electrons. The summed E-state index contributed by atoms with van der Waals surface area (Å²) >= 11 is 0. The predicted octanol–water partition coefficient (Wildman–Crippen LogP) is 4.16. The molecule has 0 bridgehead atoms. The van der Waals surface area contributed by atoms with Gasteiger partial charge in [0.05, 0.1) is 30.4 Å². The van der Waals surface area contributed by atoms with E-state index in [9.17, 15) is 0 Å². The van der Waals surface area contributed by atoms with Gasteiger partial charge in [0, 0.05) is 55.7 Å². The van der Waals surface area contributed by atoms with E-state index < -0.39 is 0 Å². The van der Waals surface area contributed by atoms with Gasteiger partial charge in [0.15, 0.2) is 5.82 Å². The summed E-state index contributed by atoms with van der Waals surface area (Å²) in [6.45, 7) is 3.25. The molecule has 2 aromatic heterocycles. The lowest BCUT2D eigenvalue weighted by molar-refractivity contribution is 0.122. The number of rotatable bonds is 5. The molecule has 2 fully saturated rings. The van der Waals surface area contributed by atoms with Crippen LogP contribution in [0.15, 0.2) is 48.8 Å². The van der Waals surface area contributed by atoms with Crippen molar-refractivity contribution in [1.82, 2.24) is 19.7 Å². The molecule has 0 atom stereocenters. The number of ether oxygens (including phenoxy) is 2. The molecule has 0 spiro atoms. The molecule has 1 N–H and O–H groups in total. The summed E-state index contributed by atoms with van der Waals surface area (Å²) in [4.78, 5) is 11.5. The number of aryl methyl sites for hydroxylation is 1. The number of para-hydroxylation sites is 1. The van der Waals surface area contributed by atoms with E-state index in [0.29, 0.717) is 6.04 Å². The first-order valence-electron chi connectivity index (χ1n) is 12.2. The van der Waals surface area contributed by atoms with Crippen LogP contribution in [0.1, 0.15) is 25.7 Å². The molecule has 1 saturated heterocycles. The van der Waals surface area contributed by atoms with Crippen molar-refractivity contribution < 1.29 is 9.47 Å². The number of fused-ring (bicyclic) bond motifs is 2. The minimum atomic E-state index is 0.170. The van der Waals surface area contributed by atoms with Crippen LogP contribution in [0, 0.1) is 0 Å². The van der Waals surface area contributed by atoms with E-state index in [1.54, 1.807) is 12.4 Å². The number of nitrogens with zero attached hydrogens (tertiary/aromatic N) is 5. The molecule has 34 heavy (non-hydrogen) atoms. The van der Waals surface area contributed by atoms with Gasteiger partial charge in [-0.05, 0) is 43.9 Å². The zero-order chi connectivity index (χ0) is 22.9. The smallest absolute Gasteiger partial charge is 0.156 e. The molecule has 8 nitrogen and oxygen atoms in total. The lowest BCUT2D eigenvalue weighted by Gasteiger charge is -2.31. The Hall–Kier alpha value is -3.39. The summed E-state index contributed by atoms with van der Waals surface area (Å²) in [5.74, 6) is 1.81. The highest BCUT2D eigenvalue weighted by molar-refractivity contribution is 5.90. The second-order valence-corrected chi connectivity index (χ2v) is 9.19. The van der Waals surface area contributed by atoms with E-state index in [2.05, 4.69) is 56.6 Å². The number of hydrogen-bond donors (Lipinski definition) is 1. The van der Waals surface area contributed by atoms with Crippen LogP contribution < -0.4 is 15.0 Å². The summed E-state index contributed by atoms with van der Waals surface area (Å²) in [5, 5.41) is 9.56. The van der Waals surface area contributed by atoms with Crippen molar-refractivity contribution in [3.63, 3.8) is 0 Å². The van der Waals surface area contributed by atoms with Crippen molar-refractivity contribution in [3.05, 3.63) is 48.8 Å². The Labute approximate surface area is 198 Å². The highest BCUT2D eigenvalue weighted by Crippen LogP contribution is 2.33. The Morgan fingerprint density at radius 1 is 1.00 bits per heavy atom. The number of anilines is 2. The maximum Gasteiger partial charge on any atom is 0.156 e. The number of morpholine rings is 1. The van der Waals surface area contributed by atoms with Crippen molar-refractivity contribution in [1.29, 1.82) is 0 Å². The van der Waals surface area contributed by atoms with Gasteiger partial charge in [0.2, 0.25) is 0 Å². The minimum Gasteiger partial charge on any atom is -0.488 e. The first-order chi connectivity index (χ1) is 16.7. The summed E-state index contributed by atoms with van der Waals surface area (Å²) in [5.41, 5.74) is 3.98. The van der Waals surface area contributed by atoms with E-state index in [1.165, 1.54) is 5.39 Å². The van der Waals surface area contributed by atoms with Crippen LogP contribution in [0.3, 0.4) is 0 Å². The molecule has 0 amide bonds. The van der Waals surface area contributed by atoms with Gasteiger partial charge >= 0.3 is 0 Å². The predicted molar refractivity (Wildman–Crippen MR) is 134 cm³/mol. The molecular weight excluding hydrogens is 428 g/mol. The second kappa shape index (κ2) is 9.10. The fraction of sp³-hybridized carbons (Fsp3) is 0.423. The van der Waals surface area contributed by atoms with Gasteiger partial charge in [-0.1, -0.05) is 12.1 Å². The van der Waals surface area contributed by atoms with Crippen LogP contribution in [0.5, 0.6) is 5.75 Å². The van der Waals surface area contributed by atoms with E-state index in [1.807, 2.05) is 11.7 Å². The van der Waals surface area contributed by atoms with Crippen LogP contribution >= 0.6 is 0 Å². The molecule has 0 unspecified atom stereocenters. The molecule has 2 aromatic carbocycles. The number of benzene rings is 2. The molecule has 3 heterocycles. The third kappa shape index (κ3) is 4.14. The fourth-order valence-electron chi connectivity index (χ4n) is 5.14. The van der Waals surface area contributed by atoms with Crippen molar-refractivity contribution >= 4 is 33.4 Å². The topological polar surface area (TPSA) is 77.3 Å².